The Morgan fingerprint density at radius 2 is 1.80 bits per heavy atom. The van der Waals surface area contributed by atoms with Crippen LogP contribution in [0.15, 0.2) is 30.6 Å². The van der Waals surface area contributed by atoms with Crippen molar-refractivity contribution in [3.63, 3.8) is 0 Å². The standard InChI is InChI=1S/C19H23N5O/c25-18(16-3-1-2-4-17(16)24-12-21-22-23-24)20-11-19-8-13-5-14(9-19)7-15(6-13)10-19/h1-4,12-15H,5-11H2,(H,20,25). The van der Waals surface area contributed by atoms with Crippen LogP contribution >= 0.6 is 0 Å². The Morgan fingerprint density at radius 3 is 2.44 bits per heavy atom. The summed E-state index contributed by atoms with van der Waals surface area (Å²) in [5.41, 5.74) is 1.68. The number of hydrogen-bond donors (Lipinski definition) is 1. The number of para-hydroxylation sites is 1. The summed E-state index contributed by atoms with van der Waals surface area (Å²) in [4.78, 5) is 12.9. The summed E-state index contributed by atoms with van der Waals surface area (Å²) < 4.78 is 1.54. The summed E-state index contributed by atoms with van der Waals surface area (Å²) in [6.07, 6.45) is 9.70. The number of aromatic nitrogens is 4. The van der Waals surface area contributed by atoms with Gasteiger partial charge < -0.3 is 5.32 Å². The van der Waals surface area contributed by atoms with Gasteiger partial charge in [0.15, 0.2) is 0 Å². The lowest BCUT2D eigenvalue weighted by Gasteiger charge is -2.56. The van der Waals surface area contributed by atoms with Gasteiger partial charge in [-0.2, -0.15) is 4.68 Å². The van der Waals surface area contributed by atoms with Crippen molar-refractivity contribution >= 4 is 5.91 Å². The quantitative estimate of drug-likeness (QED) is 0.931. The first kappa shape index (κ1) is 15.0. The molecule has 4 aliphatic carbocycles. The number of carbonyl (C=O) groups excluding carboxylic acids is 1. The van der Waals surface area contributed by atoms with Gasteiger partial charge in [0.2, 0.25) is 0 Å². The predicted octanol–water partition coefficient (Wildman–Crippen LogP) is 2.61. The molecule has 4 aliphatic rings. The van der Waals surface area contributed by atoms with Crippen LogP contribution in [0.5, 0.6) is 0 Å². The van der Waals surface area contributed by atoms with E-state index >= 15 is 0 Å². The van der Waals surface area contributed by atoms with Crippen molar-refractivity contribution in [2.24, 2.45) is 23.2 Å². The Kier molecular flexibility index (Phi) is 3.40. The van der Waals surface area contributed by atoms with Crippen molar-refractivity contribution in [3.05, 3.63) is 36.2 Å². The highest BCUT2D eigenvalue weighted by molar-refractivity contribution is 5.97. The molecule has 4 bridgehead atoms. The number of nitrogens with one attached hydrogen (secondary N) is 1. The third kappa shape index (κ3) is 2.64. The summed E-state index contributed by atoms with van der Waals surface area (Å²) in [6, 6.07) is 7.49. The molecule has 4 fully saturated rings. The fourth-order valence-electron chi connectivity index (χ4n) is 6.01. The summed E-state index contributed by atoms with van der Waals surface area (Å²) in [5.74, 6) is 2.67. The van der Waals surface area contributed by atoms with Crippen LogP contribution in [0.1, 0.15) is 48.9 Å². The lowest BCUT2D eigenvalue weighted by molar-refractivity contribution is -0.0503. The van der Waals surface area contributed by atoms with Crippen molar-refractivity contribution in [1.82, 2.24) is 25.5 Å². The molecule has 6 heteroatoms. The Hall–Kier alpha value is -2.24. The van der Waals surface area contributed by atoms with E-state index in [-0.39, 0.29) is 5.91 Å². The fourth-order valence-corrected chi connectivity index (χ4v) is 6.01. The molecule has 6 rings (SSSR count). The van der Waals surface area contributed by atoms with Crippen molar-refractivity contribution in [3.8, 4) is 5.69 Å². The summed E-state index contributed by atoms with van der Waals surface area (Å²) in [5, 5.41) is 14.5. The van der Waals surface area contributed by atoms with E-state index < -0.39 is 0 Å². The largest absolute Gasteiger partial charge is 0.351 e. The van der Waals surface area contributed by atoms with Crippen LogP contribution in [0.3, 0.4) is 0 Å². The van der Waals surface area contributed by atoms with E-state index in [1.165, 1.54) is 44.9 Å². The number of carbonyl (C=O) groups is 1. The van der Waals surface area contributed by atoms with Gasteiger partial charge in [-0.15, -0.1) is 5.10 Å². The highest BCUT2D eigenvalue weighted by atomic mass is 16.1. The van der Waals surface area contributed by atoms with Gasteiger partial charge in [0.25, 0.3) is 5.91 Å². The average molecular weight is 337 g/mol. The molecule has 0 atom stereocenters. The summed E-state index contributed by atoms with van der Waals surface area (Å²) in [7, 11) is 0. The van der Waals surface area contributed by atoms with Gasteiger partial charge in [-0.25, -0.2) is 0 Å². The molecule has 0 saturated heterocycles. The van der Waals surface area contributed by atoms with Crippen molar-refractivity contribution in [2.45, 2.75) is 38.5 Å². The molecular formula is C19H23N5O. The lowest BCUT2D eigenvalue weighted by atomic mass is 9.49. The fraction of sp³-hybridized carbons (Fsp3) is 0.579. The Morgan fingerprint density at radius 1 is 1.12 bits per heavy atom. The minimum Gasteiger partial charge on any atom is -0.351 e. The van der Waals surface area contributed by atoms with E-state index in [0.717, 1.165) is 30.0 Å². The van der Waals surface area contributed by atoms with Crippen LogP contribution in [0, 0.1) is 23.2 Å². The maximum atomic E-state index is 12.9. The molecule has 0 spiro atoms. The first-order valence-electron chi connectivity index (χ1n) is 9.31. The normalized spacial score (nSPS) is 32.7. The summed E-state index contributed by atoms with van der Waals surface area (Å²) >= 11 is 0. The number of rotatable bonds is 4. The van der Waals surface area contributed by atoms with Crippen LogP contribution in [0.2, 0.25) is 0 Å². The molecule has 1 aromatic heterocycles. The predicted molar refractivity (Wildman–Crippen MR) is 92.1 cm³/mol. The van der Waals surface area contributed by atoms with E-state index in [0.29, 0.717) is 11.0 Å². The molecule has 0 unspecified atom stereocenters. The molecule has 1 heterocycles. The van der Waals surface area contributed by atoms with Gasteiger partial charge in [0.1, 0.15) is 6.33 Å². The zero-order valence-corrected chi connectivity index (χ0v) is 14.3. The Labute approximate surface area is 147 Å². The smallest absolute Gasteiger partial charge is 0.253 e. The van der Waals surface area contributed by atoms with Crippen molar-refractivity contribution in [1.29, 1.82) is 0 Å². The monoisotopic (exact) mass is 337 g/mol. The second-order valence-electron chi connectivity index (χ2n) is 8.37. The topological polar surface area (TPSA) is 72.7 Å². The Bertz CT molecular complexity index is 750. The second kappa shape index (κ2) is 5.64. The zero-order valence-electron chi connectivity index (χ0n) is 14.3. The minimum absolute atomic E-state index is 0.0261. The first-order valence-corrected chi connectivity index (χ1v) is 9.31. The third-order valence-electron chi connectivity index (χ3n) is 6.53. The van der Waals surface area contributed by atoms with Gasteiger partial charge in [-0.05, 0) is 84.3 Å². The average Bonchev–Trinajstić information content (AvgIpc) is 3.13. The molecule has 2 aromatic rings. The SMILES string of the molecule is O=C(NCC12CC3CC(CC(C3)C1)C2)c1ccccc1-n1cnnn1. The molecule has 0 aliphatic heterocycles. The van der Waals surface area contributed by atoms with Gasteiger partial charge in [0.05, 0.1) is 11.3 Å². The van der Waals surface area contributed by atoms with Crippen molar-refractivity contribution in [2.75, 3.05) is 6.54 Å². The zero-order chi connectivity index (χ0) is 16.9. The molecule has 130 valence electrons. The number of tetrazole rings is 1. The molecular weight excluding hydrogens is 314 g/mol. The second-order valence-corrected chi connectivity index (χ2v) is 8.37. The van der Waals surface area contributed by atoms with E-state index in [2.05, 4.69) is 20.8 Å². The van der Waals surface area contributed by atoms with E-state index in [9.17, 15) is 4.79 Å². The van der Waals surface area contributed by atoms with E-state index in [1.54, 1.807) is 4.68 Å². The highest BCUT2D eigenvalue weighted by Gasteiger charge is 2.50. The van der Waals surface area contributed by atoms with Crippen LogP contribution in [-0.4, -0.2) is 32.7 Å². The van der Waals surface area contributed by atoms with E-state index in [4.69, 9.17) is 0 Å². The van der Waals surface area contributed by atoms with Crippen LogP contribution < -0.4 is 5.32 Å². The van der Waals surface area contributed by atoms with Gasteiger partial charge in [-0.1, -0.05) is 12.1 Å². The maximum absolute atomic E-state index is 12.9. The minimum atomic E-state index is -0.0261. The molecule has 1 aromatic carbocycles. The Balaban J connectivity index is 1.34. The lowest BCUT2D eigenvalue weighted by Crippen LogP contribution is -2.51. The van der Waals surface area contributed by atoms with Crippen LogP contribution in [0.4, 0.5) is 0 Å². The van der Waals surface area contributed by atoms with Gasteiger partial charge in [0, 0.05) is 6.54 Å². The summed E-state index contributed by atoms with van der Waals surface area (Å²) in [6.45, 7) is 0.805. The molecule has 4 saturated carbocycles. The van der Waals surface area contributed by atoms with Crippen LogP contribution in [0.25, 0.3) is 5.69 Å². The number of hydrogen-bond acceptors (Lipinski definition) is 4. The number of amides is 1. The molecule has 1 amide bonds. The maximum Gasteiger partial charge on any atom is 0.253 e. The third-order valence-corrected chi connectivity index (χ3v) is 6.53. The number of nitrogens with zero attached hydrogens (tertiary/aromatic N) is 4. The molecule has 0 radical (unpaired) electrons. The molecule has 1 N–H and O–H groups in total. The molecule has 25 heavy (non-hydrogen) atoms. The highest BCUT2D eigenvalue weighted by Crippen LogP contribution is 2.59. The van der Waals surface area contributed by atoms with Crippen molar-refractivity contribution < 1.29 is 4.79 Å². The number of benzene rings is 1. The molecule has 6 nitrogen and oxygen atoms in total. The van der Waals surface area contributed by atoms with Gasteiger partial charge in [-0.3, -0.25) is 4.79 Å². The van der Waals surface area contributed by atoms with E-state index in [1.807, 2.05) is 24.3 Å². The van der Waals surface area contributed by atoms with Crippen LogP contribution in [-0.2, 0) is 0 Å². The first-order chi connectivity index (χ1) is 12.2. The van der Waals surface area contributed by atoms with Gasteiger partial charge >= 0.3 is 0 Å².